The van der Waals surface area contributed by atoms with Crippen molar-refractivity contribution < 1.29 is 81.2 Å². The molecule has 0 spiro atoms. The number of hydrogen-bond acceptors (Lipinski definition) is 19. The Kier molecular flexibility index (Phi) is 22.7. The lowest BCUT2D eigenvalue weighted by molar-refractivity contribution is -0.344. The molecule has 0 aliphatic carbocycles. The molecular formula is C50H82N2O17. The van der Waals surface area contributed by atoms with Crippen LogP contribution in [0.5, 0.6) is 0 Å². The molecule has 0 bridgehead atoms. The van der Waals surface area contributed by atoms with E-state index in [4.69, 9.17) is 52.1 Å². The summed E-state index contributed by atoms with van der Waals surface area (Å²) in [6.07, 6.45) is -2.23. The maximum atomic E-state index is 13.6. The summed E-state index contributed by atoms with van der Waals surface area (Å²) in [5.74, 6) is -3.36. The van der Waals surface area contributed by atoms with Crippen LogP contribution in [0.15, 0.2) is 24.3 Å². The molecule has 0 aromatic rings. The molecule has 69 heavy (non-hydrogen) atoms. The van der Waals surface area contributed by atoms with E-state index in [1.165, 1.54) is 21.0 Å². The van der Waals surface area contributed by atoms with Gasteiger partial charge in [-0.1, -0.05) is 38.2 Å². The SMILES string of the molecule is CCC(=O)OC1CC(=O)OC(C)CC=CC=CC(OC2CCC(N(C)C)C(C)O2)C(C)CC(CC=O)C(OC2OC(C)C(OC3CC(C)(OC(C)=O)C(OC(C)=O)C(C)O3)C(N(C)C)C2O)C1OC. The lowest BCUT2D eigenvalue weighted by atomic mass is 9.82. The first-order chi connectivity index (χ1) is 32.5. The number of cyclic esters (lactones) is 1. The first-order valence-electron chi connectivity index (χ1n) is 24.5. The van der Waals surface area contributed by atoms with Crippen molar-refractivity contribution in [2.45, 2.75) is 217 Å². The Bertz CT molecular complexity index is 1730. The van der Waals surface area contributed by atoms with Crippen molar-refractivity contribution in [1.82, 2.24) is 9.80 Å². The maximum Gasteiger partial charge on any atom is 0.309 e. The Labute approximate surface area is 409 Å². The molecule has 1 N–H and O–H groups in total. The van der Waals surface area contributed by atoms with Gasteiger partial charge in [0.05, 0.1) is 43.0 Å². The molecule has 19 unspecified atom stereocenters. The van der Waals surface area contributed by atoms with Gasteiger partial charge >= 0.3 is 23.9 Å². The zero-order valence-electron chi connectivity index (χ0n) is 43.3. The van der Waals surface area contributed by atoms with Gasteiger partial charge in [0.1, 0.15) is 36.8 Å². The number of methoxy groups -OCH3 is 1. The van der Waals surface area contributed by atoms with E-state index < -0.39 is 128 Å². The van der Waals surface area contributed by atoms with Gasteiger partial charge in [-0.2, -0.15) is 0 Å². The number of likely N-dealkylation sites (N-methyl/N-ethyl adjacent to an activating group) is 2. The number of rotatable bonds is 15. The highest BCUT2D eigenvalue weighted by molar-refractivity contribution is 5.72. The van der Waals surface area contributed by atoms with Crippen LogP contribution in [-0.2, 0) is 76.1 Å². The third-order valence-electron chi connectivity index (χ3n) is 13.5. The van der Waals surface area contributed by atoms with E-state index in [1.54, 1.807) is 53.6 Å². The van der Waals surface area contributed by atoms with E-state index in [9.17, 15) is 29.1 Å². The lowest BCUT2D eigenvalue weighted by Crippen LogP contribution is -2.66. The monoisotopic (exact) mass is 983 g/mol. The van der Waals surface area contributed by atoms with Crippen LogP contribution in [0, 0.1) is 11.8 Å². The molecule has 394 valence electrons. The highest BCUT2D eigenvalue weighted by Crippen LogP contribution is 2.39. The van der Waals surface area contributed by atoms with Crippen LogP contribution in [0.3, 0.4) is 0 Å². The summed E-state index contributed by atoms with van der Waals surface area (Å²) < 4.78 is 68.7. The van der Waals surface area contributed by atoms with Gasteiger partial charge in [-0.25, -0.2) is 0 Å². The van der Waals surface area contributed by atoms with Gasteiger partial charge in [0.2, 0.25) is 0 Å². The molecule has 4 aliphatic rings. The van der Waals surface area contributed by atoms with Gasteiger partial charge in [-0.05, 0) is 93.9 Å². The van der Waals surface area contributed by atoms with Crippen molar-refractivity contribution in [3.8, 4) is 0 Å². The number of ether oxygens (including phenoxy) is 11. The van der Waals surface area contributed by atoms with Crippen molar-refractivity contribution in [2.24, 2.45) is 11.8 Å². The summed E-state index contributed by atoms with van der Waals surface area (Å²) in [6.45, 7) is 15.0. The van der Waals surface area contributed by atoms with Gasteiger partial charge in [0.25, 0.3) is 0 Å². The minimum absolute atomic E-state index is 0.00616. The van der Waals surface area contributed by atoms with E-state index in [0.717, 1.165) is 12.7 Å². The van der Waals surface area contributed by atoms with Crippen LogP contribution in [0.4, 0.5) is 0 Å². The average Bonchev–Trinajstić information content (AvgIpc) is 3.24. The minimum Gasteiger partial charge on any atom is -0.462 e. The third kappa shape index (κ3) is 16.3. The molecule has 4 aliphatic heterocycles. The predicted octanol–water partition coefficient (Wildman–Crippen LogP) is 4.43. The fourth-order valence-electron chi connectivity index (χ4n) is 10.2. The zero-order valence-corrected chi connectivity index (χ0v) is 43.3. The summed E-state index contributed by atoms with van der Waals surface area (Å²) in [6, 6.07) is -0.585. The fraction of sp³-hybridized carbons (Fsp3) is 0.820. The molecule has 4 heterocycles. The number of hydrogen-bond donors (Lipinski definition) is 1. The lowest BCUT2D eigenvalue weighted by Gasteiger charge is -2.50. The van der Waals surface area contributed by atoms with Crippen LogP contribution in [0.2, 0.25) is 0 Å². The second-order valence-electron chi connectivity index (χ2n) is 19.8. The molecule has 0 radical (unpaired) electrons. The molecule has 3 fully saturated rings. The first-order valence-corrected chi connectivity index (χ1v) is 24.5. The number of esters is 4. The molecule has 19 heteroatoms. The summed E-state index contributed by atoms with van der Waals surface area (Å²) in [5, 5.41) is 12.4. The normalized spacial score (nSPS) is 39.6. The van der Waals surface area contributed by atoms with Gasteiger partial charge in [0, 0.05) is 52.7 Å². The second kappa shape index (κ2) is 26.9. The van der Waals surface area contributed by atoms with Crippen LogP contribution >= 0.6 is 0 Å². The van der Waals surface area contributed by atoms with Crippen LogP contribution < -0.4 is 0 Å². The van der Waals surface area contributed by atoms with Crippen molar-refractivity contribution in [1.29, 1.82) is 0 Å². The molecule has 4 rings (SSSR count). The highest BCUT2D eigenvalue weighted by atomic mass is 16.7. The van der Waals surface area contributed by atoms with E-state index in [1.807, 2.05) is 52.2 Å². The number of aliphatic hydroxyl groups excluding tert-OH is 1. The van der Waals surface area contributed by atoms with Crippen molar-refractivity contribution >= 4 is 30.2 Å². The zero-order chi connectivity index (χ0) is 51.3. The van der Waals surface area contributed by atoms with Crippen molar-refractivity contribution in [2.75, 3.05) is 35.3 Å². The Morgan fingerprint density at radius 3 is 2.14 bits per heavy atom. The Morgan fingerprint density at radius 2 is 1.55 bits per heavy atom. The van der Waals surface area contributed by atoms with E-state index in [2.05, 4.69) is 4.90 Å². The predicted molar refractivity (Wildman–Crippen MR) is 250 cm³/mol. The quantitative estimate of drug-likeness (QED) is 0.137. The fourth-order valence-corrected chi connectivity index (χ4v) is 10.2. The molecule has 0 aromatic heterocycles. The average molecular weight is 983 g/mol. The van der Waals surface area contributed by atoms with Crippen LogP contribution in [0.25, 0.3) is 0 Å². The molecule has 19 atom stereocenters. The number of carbonyl (C=O) groups excluding carboxylic acids is 5. The first kappa shape index (κ1) is 58.2. The number of aldehydes is 1. The van der Waals surface area contributed by atoms with Crippen molar-refractivity contribution in [3.63, 3.8) is 0 Å². The highest BCUT2D eigenvalue weighted by Gasteiger charge is 2.54. The van der Waals surface area contributed by atoms with Gasteiger partial charge < -0.3 is 71.8 Å². The molecule has 0 saturated carbocycles. The van der Waals surface area contributed by atoms with Crippen LogP contribution in [-0.4, -0.2) is 184 Å². The molecule has 3 saturated heterocycles. The Balaban J connectivity index is 1.74. The summed E-state index contributed by atoms with van der Waals surface area (Å²) in [7, 11) is 8.99. The smallest absolute Gasteiger partial charge is 0.309 e. The summed E-state index contributed by atoms with van der Waals surface area (Å²) >= 11 is 0. The Hall–Kier alpha value is -3.37. The number of aliphatic hydroxyl groups is 1. The molecule has 0 amide bonds. The number of nitrogens with zero attached hydrogens (tertiary/aromatic N) is 2. The number of allylic oxidation sites excluding steroid dienone is 2. The topological polar surface area (TPSA) is 214 Å². The molecular weight excluding hydrogens is 901 g/mol. The van der Waals surface area contributed by atoms with Gasteiger partial charge in [-0.3, -0.25) is 19.2 Å². The third-order valence-corrected chi connectivity index (χ3v) is 13.5. The second-order valence-corrected chi connectivity index (χ2v) is 19.8. The number of carbonyl (C=O) groups is 5. The van der Waals surface area contributed by atoms with Gasteiger partial charge in [-0.15, -0.1) is 0 Å². The minimum atomic E-state index is -1.42. The van der Waals surface area contributed by atoms with E-state index in [0.29, 0.717) is 19.3 Å². The summed E-state index contributed by atoms with van der Waals surface area (Å²) in [5.41, 5.74) is -1.32. The van der Waals surface area contributed by atoms with E-state index in [-0.39, 0.29) is 37.3 Å². The standard InChI is InChI=1S/C50H82N2O17/c1-15-39(56)65-38-26-40(57)60-29(3)19-17-16-18-20-37(66-41-22-21-36(51(10)11)30(4)61-41)28(2)25-35(23-24-53)46(47(38)59-14)68-49-44(58)43(52(12)13)45(31(5)63-49)67-42-27-50(9,69-34(8)55)48(32(6)62-42)64-33(7)54/h16-18,20,24,28-32,35-38,41-49,58H,15,19,21-23,25-27H2,1-14H3. The maximum absolute atomic E-state index is 13.6. The largest absolute Gasteiger partial charge is 0.462 e. The Morgan fingerprint density at radius 1 is 0.855 bits per heavy atom. The summed E-state index contributed by atoms with van der Waals surface area (Å²) in [4.78, 5) is 67.8. The molecule has 19 nitrogen and oxygen atoms in total. The van der Waals surface area contributed by atoms with E-state index >= 15 is 0 Å². The van der Waals surface area contributed by atoms with Gasteiger partial charge in [0.15, 0.2) is 30.6 Å². The van der Waals surface area contributed by atoms with Crippen LogP contribution in [0.1, 0.15) is 114 Å². The van der Waals surface area contributed by atoms with Crippen molar-refractivity contribution in [3.05, 3.63) is 24.3 Å². The molecule has 0 aromatic carbocycles.